The molecule has 0 aliphatic carbocycles. The van der Waals surface area contributed by atoms with Crippen LogP contribution in [0.5, 0.6) is 11.5 Å². The smallest absolute Gasteiger partial charge is 0.316 e. The van der Waals surface area contributed by atoms with Crippen molar-refractivity contribution in [2.24, 2.45) is 11.3 Å². The molecule has 1 N–H and O–H groups in total. The van der Waals surface area contributed by atoms with Gasteiger partial charge in [0.1, 0.15) is 11.5 Å². The molecule has 0 unspecified atom stereocenters. The van der Waals surface area contributed by atoms with E-state index in [1.54, 1.807) is 12.1 Å². The first kappa shape index (κ1) is 14.9. The standard InChI is InChI=1S/C16H23NO3/c1-16(2,3)15(18)20-14-6-4-13(5-7-14)19-11-12-8-9-17-10-12/h4-7,12,17H,8-11H2,1-3H3/t12-/m0/s1. The average Bonchev–Trinajstić information content (AvgIpc) is 2.90. The van der Waals surface area contributed by atoms with Crippen molar-refractivity contribution < 1.29 is 14.3 Å². The van der Waals surface area contributed by atoms with Crippen molar-refractivity contribution in [3.63, 3.8) is 0 Å². The van der Waals surface area contributed by atoms with E-state index >= 15 is 0 Å². The molecule has 0 bridgehead atoms. The molecule has 1 saturated heterocycles. The van der Waals surface area contributed by atoms with Gasteiger partial charge >= 0.3 is 5.97 Å². The lowest BCUT2D eigenvalue weighted by molar-refractivity contribution is -0.143. The molecule has 1 aromatic rings. The lowest BCUT2D eigenvalue weighted by atomic mass is 9.97. The first-order valence-corrected chi connectivity index (χ1v) is 7.11. The lowest BCUT2D eigenvalue weighted by Gasteiger charge is -2.16. The quantitative estimate of drug-likeness (QED) is 0.679. The highest BCUT2D eigenvalue weighted by Gasteiger charge is 2.23. The van der Waals surface area contributed by atoms with Crippen molar-refractivity contribution in [2.75, 3.05) is 19.7 Å². The Morgan fingerprint density at radius 2 is 1.90 bits per heavy atom. The fraction of sp³-hybridized carbons (Fsp3) is 0.562. The van der Waals surface area contributed by atoms with Gasteiger partial charge in [0.25, 0.3) is 0 Å². The van der Waals surface area contributed by atoms with Gasteiger partial charge in [-0.05, 0) is 58.0 Å². The summed E-state index contributed by atoms with van der Waals surface area (Å²) in [4.78, 5) is 11.8. The lowest BCUT2D eigenvalue weighted by Crippen LogP contribution is -2.25. The molecule has 1 heterocycles. The fourth-order valence-corrected chi connectivity index (χ4v) is 1.93. The number of esters is 1. The summed E-state index contributed by atoms with van der Waals surface area (Å²) in [6, 6.07) is 7.22. The number of carbonyl (C=O) groups is 1. The second-order valence-electron chi connectivity index (χ2n) is 6.28. The Hall–Kier alpha value is -1.55. The zero-order valence-corrected chi connectivity index (χ0v) is 12.4. The van der Waals surface area contributed by atoms with Crippen molar-refractivity contribution in [1.29, 1.82) is 0 Å². The predicted molar refractivity (Wildman–Crippen MR) is 78.0 cm³/mol. The molecule has 4 heteroatoms. The summed E-state index contributed by atoms with van der Waals surface area (Å²) < 4.78 is 11.0. The van der Waals surface area contributed by atoms with Crippen molar-refractivity contribution in [3.05, 3.63) is 24.3 Å². The largest absolute Gasteiger partial charge is 0.493 e. The predicted octanol–water partition coefficient (Wildman–Crippen LogP) is 2.63. The number of hydrogen-bond acceptors (Lipinski definition) is 4. The number of hydrogen-bond donors (Lipinski definition) is 1. The van der Waals surface area contributed by atoms with Crippen LogP contribution in [0.4, 0.5) is 0 Å². The molecule has 1 aliphatic rings. The zero-order valence-electron chi connectivity index (χ0n) is 12.4. The Labute approximate surface area is 120 Å². The van der Waals surface area contributed by atoms with E-state index in [0.29, 0.717) is 11.7 Å². The van der Waals surface area contributed by atoms with Crippen molar-refractivity contribution in [3.8, 4) is 11.5 Å². The second-order valence-corrected chi connectivity index (χ2v) is 6.28. The van der Waals surface area contributed by atoms with E-state index in [1.807, 2.05) is 32.9 Å². The number of benzene rings is 1. The van der Waals surface area contributed by atoms with Gasteiger partial charge in [0.05, 0.1) is 12.0 Å². The third-order valence-corrected chi connectivity index (χ3v) is 3.29. The maximum atomic E-state index is 11.8. The summed E-state index contributed by atoms with van der Waals surface area (Å²) in [5.41, 5.74) is -0.495. The molecule has 0 aromatic heterocycles. The van der Waals surface area contributed by atoms with Gasteiger partial charge in [0.15, 0.2) is 0 Å². The molecule has 0 radical (unpaired) electrons. The van der Waals surface area contributed by atoms with Crippen molar-refractivity contribution in [2.45, 2.75) is 27.2 Å². The molecular weight excluding hydrogens is 254 g/mol. The zero-order chi connectivity index (χ0) is 14.6. The third kappa shape index (κ3) is 4.23. The molecule has 1 fully saturated rings. The van der Waals surface area contributed by atoms with Crippen molar-refractivity contribution in [1.82, 2.24) is 5.32 Å². The van der Waals surface area contributed by atoms with Gasteiger partial charge in [0.2, 0.25) is 0 Å². The molecular formula is C16H23NO3. The Bertz CT molecular complexity index is 442. The van der Waals surface area contributed by atoms with E-state index in [4.69, 9.17) is 9.47 Å². The molecule has 4 nitrogen and oxygen atoms in total. The van der Waals surface area contributed by atoms with Gasteiger partial charge in [0, 0.05) is 12.5 Å². The SMILES string of the molecule is CC(C)(C)C(=O)Oc1ccc(OC[C@H]2CCNC2)cc1. The summed E-state index contributed by atoms with van der Waals surface area (Å²) in [6.45, 7) is 8.35. The van der Waals surface area contributed by atoms with Gasteiger partial charge in [-0.3, -0.25) is 4.79 Å². The minimum Gasteiger partial charge on any atom is -0.493 e. The summed E-state index contributed by atoms with van der Waals surface area (Å²) >= 11 is 0. The van der Waals surface area contributed by atoms with Gasteiger partial charge in [-0.2, -0.15) is 0 Å². The van der Waals surface area contributed by atoms with Crippen molar-refractivity contribution >= 4 is 5.97 Å². The van der Waals surface area contributed by atoms with Crippen LogP contribution in [0, 0.1) is 11.3 Å². The van der Waals surface area contributed by atoms with Crippen LogP contribution >= 0.6 is 0 Å². The summed E-state index contributed by atoms with van der Waals surface area (Å²) in [7, 11) is 0. The highest BCUT2D eigenvalue weighted by atomic mass is 16.5. The van der Waals surface area contributed by atoms with Crippen LogP contribution in [0.2, 0.25) is 0 Å². The highest BCUT2D eigenvalue weighted by Crippen LogP contribution is 2.22. The van der Waals surface area contributed by atoms with Gasteiger partial charge in [-0.15, -0.1) is 0 Å². The minimum atomic E-state index is -0.495. The number of carbonyl (C=O) groups excluding carboxylic acids is 1. The second kappa shape index (κ2) is 6.27. The van der Waals surface area contributed by atoms with Crippen LogP contribution in [-0.4, -0.2) is 25.7 Å². The Kier molecular flexibility index (Phi) is 4.65. The Morgan fingerprint density at radius 3 is 2.45 bits per heavy atom. The molecule has 1 atom stereocenters. The monoisotopic (exact) mass is 277 g/mol. The van der Waals surface area contributed by atoms with Crippen LogP contribution in [0.3, 0.4) is 0 Å². The number of rotatable bonds is 4. The van der Waals surface area contributed by atoms with Crippen LogP contribution in [0.15, 0.2) is 24.3 Å². The molecule has 1 aromatic carbocycles. The molecule has 110 valence electrons. The molecule has 1 aliphatic heterocycles. The Morgan fingerprint density at radius 1 is 1.25 bits per heavy atom. The molecule has 2 rings (SSSR count). The molecule has 0 spiro atoms. The van der Waals surface area contributed by atoms with E-state index in [2.05, 4.69) is 5.32 Å². The highest BCUT2D eigenvalue weighted by molar-refractivity contribution is 5.77. The Balaban J connectivity index is 1.84. The van der Waals surface area contributed by atoms with Crippen LogP contribution < -0.4 is 14.8 Å². The summed E-state index contributed by atoms with van der Waals surface area (Å²) in [6.07, 6.45) is 1.17. The molecule has 0 amide bonds. The van der Waals surface area contributed by atoms with Gasteiger partial charge in [-0.25, -0.2) is 0 Å². The van der Waals surface area contributed by atoms with E-state index < -0.39 is 5.41 Å². The molecule has 20 heavy (non-hydrogen) atoms. The average molecular weight is 277 g/mol. The van der Waals surface area contributed by atoms with Gasteiger partial charge < -0.3 is 14.8 Å². The van der Waals surface area contributed by atoms with E-state index in [0.717, 1.165) is 25.4 Å². The molecule has 0 saturated carbocycles. The van der Waals surface area contributed by atoms with Gasteiger partial charge in [-0.1, -0.05) is 0 Å². The fourth-order valence-electron chi connectivity index (χ4n) is 1.93. The van der Waals surface area contributed by atoms with Crippen LogP contribution in [-0.2, 0) is 4.79 Å². The van der Waals surface area contributed by atoms with E-state index in [9.17, 15) is 4.79 Å². The van der Waals surface area contributed by atoms with E-state index in [-0.39, 0.29) is 5.97 Å². The maximum Gasteiger partial charge on any atom is 0.316 e. The maximum absolute atomic E-state index is 11.8. The van der Waals surface area contributed by atoms with Crippen LogP contribution in [0.25, 0.3) is 0 Å². The normalized spacial score (nSPS) is 18.9. The number of nitrogens with one attached hydrogen (secondary N) is 1. The summed E-state index contributed by atoms with van der Waals surface area (Å²) in [5.74, 6) is 1.73. The van der Waals surface area contributed by atoms with Crippen LogP contribution in [0.1, 0.15) is 27.2 Å². The first-order chi connectivity index (χ1) is 9.45. The first-order valence-electron chi connectivity index (χ1n) is 7.11. The van der Waals surface area contributed by atoms with E-state index in [1.165, 1.54) is 6.42 Å². The summed E-state index contributed by atoms with van der Waals surface area (Å²) in [5, 5.41) is 3.32. The third-order valence-electron chi connectivity index (χ3n) is 3.29. The minimum absolute atomic E-state index is 0.233. The number of ether oxygens (including phenoxy) is 2. The topological polar surface area (TPSA) is 47.6 Å².